The number of benzene rings is 2. The highest BCUT2D eigenvalue weighted by atomic mass is 35.5. The van der Waals surface area contributed by atoms with Gasteiger partial charge in [0, 0.05) is 23.9 Å². The van der Waals surface area contributed by atoms with Gasteiger partial charge in [0.1, 0.15) is 5.69 Å². The molecule has 0 radical (unpaired) electrons. The summed E-state index contributed by atoms with van der Waals surface area (Å²) in [5.41, 5.74) is 3.19. The molecule has 26 heavy (non-hydrogen) atoms. The third-order valence-corrected chi connectivity index (χ3v) is 5.13. The van der Waals surface area contributed by atoms with Crippen LogP contribution in [-0.4, -0.2) is 20.4 Å². The van der Waals surface area contributed by atoms with Crippen molar-refractivity contribution in [2.24, 2.45) is 7.05 Å². The van der Waals surface area contributed by atoms with Gasteiger partial charge in [-0.05, 0) is 23.8 Å². The number of nitrogens with zero attached hydrogens (tertiary/aromatic N) is 3. The van der Waals surface area contributed by atoms with Crippen LogP contribution in [0.2, 0.25) is 5.02 Å². The molecule has 0 aliphatic carbocycles. The summed E-state index contributed by atoms with van der Waals surface area (Å²) in [6.07, 6.45) is 0.712. The number of carbonyl (C=O) groups excluding carboxylic acids is 1. The van der Waals surface area contributed by atoms with Gasteiger partial charge in [-0.2, -0.15) is 0 Å². The lowest BCUT2D eigenvalue weighted by Gasteiger charge is -2.03. The van der Waals surface area contributed by atoms with E-state index in [1.165, 1.54) is 16.9 Å². The van der Waals surface area contributed by atoms with Crippen molar-refractivity contribution in [3.8, 4) is 0 Å². The number of thiazole rings is 1. The number of hydrogen-bond acceptors (Lipinski definition) is 4. The quantitative estimate of drug-likeness (QED) is 0.564. The van der Waals surface area contributed by atoms with Gasteiger partial charge in [-0.25, -0.2) is 9.97 Å². The van der Waals surface area contributed by atoms with Crippen molar-refractivity contribution in [1.82, 2.24) is 14.5 Å². The van der Waals surface area contributed by atoms with Gasteiger partial charge in [-0.3, -0.25) is 10.1 Å². The molecule has 2 heterocycles. The van der Waals surface area contributed by atoms with Gasteiger partial charge >= 0.3 is 0 Å². The number of imidazole rings is 1. The number of anilines is 1. The zero-order valence-corrected chi connectivity index (χ0v) is 15.5. The number of rotatable bonds is 4. The van der Waals surface area contributed by atoms with Crippen molar-refractivity contribution in [1.29, 1.82) is 0 Å². The van der Waals surface area contributed by atoms with E-state index in [0.29, 0.717) is 23.1 Å². The highest BCUT2D eigenvalue weighted by Crippen LogP contribution is 2.22. The fourth-order valence-corrected chi connectivity index (χ4v) is 3.69. The highest BCUT2D eigenvalue weighted by Gasteiger charge is 2.15. The number of halogens is 1. The number of carbonyl (C=O) groups is 1. The van der Waals surface area contributed by atoms with Crippen LogP contribution in [0.25, 0.3) is 11.0 Å². The number of amides is 1. The summed E-state index contributed by atoms with van der Waals surface area (Å²) in [4.78, 5) is 21.4. The van der Waals surface area contributed by atoms with E-state index in [9.17, 15) is 4.79 Å². The molecule has 0 unspecified atom stereocenters. The molecule has 4 aromatic rings. The average Bonchev–Trinajstić information content (AvgIpc) is 3.21. The van der Waals surface area contributed by atoms with Crippen LogP contribution in [0, 0.1) is 0 Å². The van der Waals surface area contributed by atoms with Gasteiger partial charge in [0.25, 0.3) is 5.91 Å². The van der Waals surface area contributed by atoms with Crippen LogP contribution < -0.4 is 5.32 Å². The molecular formula is C19H15ClN4OS. The fraction of sp³-hybridized carbons (Fsp3) is 0.105. The Bertz CT molecular complexity index is 1090. The first-order valence-corrected chi connectivity index (χ1v) is 9.27. The van der Waals surface area contributed by atoms with Gasteiger partial charge in [0.15, 0.2) is 0 Å². The highest BCUT2D eigenvalue weighted by molar-refractivity contribution is 7.09. The van der Waals surface area contributed by atoms with Gasteiger partial charge in [-0.1, -0.05) is 41.9 Å². The van der Waals surface area contributed by atoms with Crippen LogP contribution in [0.1, 0.15) is 21.1 Å². The lowest BCUT2D eigenvalue weighted by atomic mass is 10.2. The summed E-state index contributed by atoms with van der Waals surface area (Å²) in [6.45, 7) is 0. The van der Waals surface area contributed by atoms with Crippen molar-refractivity contribution in [2.75, 3.05) is 5.32 Å². The second-order valence-electron chi connectivity index (χ2n) is 5.87. The first-order valence-electron chi connectivity index (χ1n) is 8.02. The molecule has 0 fully saturated rings. The van der Waals surface area contributed by atoms with Gasteiger partial charge in [0.05, 0.1) is 16.0 Å². The van der Waals surface area contributed by atoms with E-state index in [-0.39, 0.29) is 5.91 Å². The lowest BCUT2D eigenvalue weighted by molar-refractivity contribution is 0.102. The van der Waals surface area contributed by atoms with Gasteiger partial charge in [0.2, 0.25) is 5.95 Å². The number of fused-ring (bicyclic) bond motifs is 1. The van der Waals surface area contributed by atoms with E-state index in [0.717, 1.165) is 16.0 Å². The molecule has 7 heteroatoms. The van der Waals surface area contributed by atoms with Crippen molar-refractivity contribution in [3.05, 3.63) is 75.2 Å². The molecule has 1 amide bonds. The molecule has 0 bridgehead atoms. The molecule has 0 spiro atoms. The van der Waals surface area contributed by atoms with Gasteiger partial charge < -0.3 is 4.57 Å². The minimum atomic E-state index is -0.273. The van der Waals surface area contributed by atoms with Crippen LogP contribution in [0.4, 0.5) is 5.95 Å². The molecule has 0 atom stereocenters. The molecule has 5 nitrogen and oxygen atoms in total. The zero-order chi connectivity index (χ0) is 18.1. The Balaban J connectivity index is 1.53. The second-order valence-corrected chi connectivity index (χ2v) is 7.25. The second kappa shape index (κ2) is 6.90. The van der Waals surface area contributed by atoms with Crippen molar-refractivity contribution >= 4 is 45.8 Å². The van der Waals surface area contributed by atoms with E-state index in [1.54, 1.807) is 17.5 Å². The predicted molar refractivity (Wildman–Crippen MR) is 105 cm³/mol. The standard InChI is InChI=1S/C19H15ClN4OS/c1-24-16-8-7-13(20)10-14(16)22-19(24)23-18(25)15-11-26-17(21-15)9-12-5-3-2-4-6-12/h2-8,10-11H,9H2,1H3,(H,22,23,25). The monoisotopic (exact) mass is 382 g/mol. The predicted octanol–water partition coefficient (Wildman–Crippen LogP) is 4.53. The Labute approximate surface area is 159 Å². The van der Waals surface area contributed by atoms with Crippen LogP contribution in [0.15, 0.2) is 53.9 Å². The molecule has 2 aromatic heterocycles. The van der Waals surface area contributed by atoms with Crippen LogP contribution in [0.3, 0.4) is 0 Å². The zero-order valence-electron chi connectivity index (χ0n) is 13.9. The summed E-state index contributed by atoms with van der Waals surface area (Å²) in [7, 11) is 1.85. The van der Waals surface area contributed by atoms with Crippen LogP contribution in [0.5, 0.6) is 0 Å². The van der Waals surface area contributed by atoms with Gasteiger partial charge in [-0.15, -0.1) is 11.3 Å². The Morgan fingerprint density at radius 3 is 2.81 bits per heavy atom. The third-order valence-electron chi connectivity index (χ3n) is 4.05. The maximum absolute atomic E-state index is 12.5. The van der Waals surface area contributed by atoms with Crippen molar-refractivity contribution in [3.63, 3.8) is 0 Å². The topological polar surface area (TPSA) is 59.8 Å². The molecule has 4 rings (SSSR count). The Morgan fingerprint density at radius 1 is 1.19 bits per heavy atom. The molecule has 0 aliphatic heterocycles. The average molecular weight is 383 g/mol. The largest absolute Gasteiger partial charge is 0.313 e. The van der Waals surface area contributed by atoms with Crippen molar-refractivity contribution in [2.45, 2.75) is 6.42 Å². The molecule has 0 aliphatic rings. The number of hydrogen-bond donors (Lipinski definition) is 1. The fourth-order valence-electron chi connectivity index (χ4n) is 2.72. The summed E-state index contributed by atoms with van der Waals surface area (Å²) < 4.78 is 1.82. The first kappa shape index (κ1) is 16.8. The third kappa shape index (κ3) is 3.34. The minimum Gasteiger partial charge on any atom is -0.313 e. The Hall–Kier alpha value is -2.70. The maximum atomic E-state index is 12.5. The summed E-state index contributed by atoms with van der Waals surface area (Å²) in [6, 6.07) is 15.5. The van der Waals surface area contributed by atoms with E-state index >= 15 is 0 Å². The first-order chi connectivity index (χ1) is 12.6. The number of aromatic nitrogens is 3. The van der Waals surface area contributed by atoms with E-state index in [2.05, 4.69) is 15.3 Å². The summed E-state index contributed by atoms with van der Waals surface area (Å²) in [5.74, 6) is 0.190. The molecule has 0 saturated heterocycles. The Morgan fingerprint density at radius 2 is 2.00 bits per heavy atom. The minimum absolute atomic E-state index is 0.273. The summed E-state index contributed by atoms with van der Waals surface area (Å²) >= 11 is 7.48. The SMILES string of the molecule is Cn1c(NC(=O)c2csc(Cc3ccccc3)n2)nc2cc(Cl)ccc21. The van der Waals surface area contributed by atoms with E-state index in [4.69, 9.17) is 11.6 Å². The normalized spacial score (nSPS) is 11.0. The van der Waals surface area contributed by atoms with Crippen molar-refractivity contribution < 1.29 is 4.79 Å². The maximum Gasteiger partial charge on any atom is 0.277 e. The molecule has 2 aromatic carbocycles. The molecule has 0 saturated carbocycles. The van der Waals surface area contributed by atoms with Crippen LogP contribution >= 0.6 is 22.9 Å². The number of nitrogens with one attached hydrogen (secondary N) is 1. The lowest BCUT2D eigenvalue weighted by Crippen LogP contribution is -2.15. The molecular weight excluding hydrogens is 368 g/mol. The van der Waals surface area contributed by atoms with E-state index in [1.807, 2.05) is 48.0 Å². The Kier molecular flexibility index (Phi) is 4.44. The van der Waals surface area contributed by atoms with E-state index < -0.39 is 0 Å². The molecule has 1 N–H and O–H groups in total. The smallest absolute Gasteiger partial charge is 0.277 e. The van der Waals surface area contributed by atoms with Crippen LogP contribution in [-0.2, 0) is 13.5 Å². The molecule has 130 valence electrons. The summed E-state index contributed by atoms with van der Waals surface area (Å²) in [5, 5.41) is 6.11. The number of aryl methyl sites for hydroxylation is 1.